The Morgan fingerprint density at radius 3 is 2.23 bits per heavy atom. The highest BCUT2D eigenvalue weighted by molar-refractivity contribution is 6.39. The van der Waals surface area contributed by atoms with Crippen LogP contribution in [0.4, 0.5) is 0 Å². The van der Waals surface area contributed by atoms with E-state index in [1.165, 1.54) is 19.1 Å². The van der Waals surface area contributed by atoms with Gasteiger partial charge in [-0.1, -0.05) is 51.8 Å². The van der Waals surface area contributed by atoms with Gasteiger partial charge in [0, 0.05) is 52.0 Å². The highest BCUT2D eigenvalue weighted by Gasteiger charge is 2.56. The summed E-state index contributed by atoms with van der Waals surface area (Å²) in [7, 11) is 4.64. The summed E-state index contributed by atoms with van der Waals surface area (Å²) >= 11 is 0. The van der Waals surface area contributed by atoms with Crippen molar-refractivity contribution in [1.29, 1.82) is 0 Å². The number of aliphatic hydroxyl groups excluding tert-OH is 2. The van der Waals surface area contributed by atoms with Crippen molar-refractivity contribution in [1.82, 2.24) is 4.90 Å². The van der Waals surface area contributed by atoms with Gasteiger partial charge in [-0.05, 0) is 95.5 Å². The first-order chi connectivity index (χ1) is 27.0. The maximum absolute atomic E-state index is 14.3. The number of carbonyl (C=O) groups excluding carboxylic acids is 4. The largest absolute Gasteiger partial charge is 0.456 e. The molecule has 1 saturated carbocycles. The third-order valence-corrected chi connectivity index (χ3v) is 13.1. The van der Waals surface area contributed by atoms with Crippen LogP contribution < -0.4 is 0 Å². The van der Waals surface area contributed by atoms with Crippen LogP contribution >= 0.6 is 0 Å². The predicted octanol–water partition coefficient (Wildman–Crippen LogP) is 4.86. The van der Waals surface area contributed by atoms with Crippen molar-refractivity contribution in [2.75, 3.05) is 27.9 Å². The van der Waals surface area contributed by atoms with Crippen molar-refractivity contribution in [3.05, 3.63) is 23.3 Å². The molecule has 3 N–H and O–H groups in total. The molecule has 0 unspecified atom stereocenters. The maximum atomic E-state index is 14.3. The highest BCUT2D eigenvalue weighted by atomic mass is 16.7. The van der Waals surface area contributed by atoms with Crippen LogP contribution in [0.2, 0.25) is 0 Å². The van der Waals surface area contributed by atoms with Crippen molar-refractivity contribution in [3.63, 3.8) is 0 Å². The molecule has 13 heteroatoms. The van der Waals surface area contributed by atoms with E-state index >= 15 is 0 Å². The minimum absolute atomic E-state index is 0.000416. The lowest BCUT2D eigenvalue weighted by molar-refractivity contribution is -0.302. The van der Waals surface area contributed by atoms with Gasteiger partial charge >= 0.3 is 5.97 Å². The van der Waals surface area contributed by atoms with Crippen molar-refractivity contribution in [2.24, 2.45) is 29.6 Å². The van der Waals surface area contributed by atoms with Crippen LogP contribution in [0.25, 0.3) is 0 Å². The summed E-state index contributed by atoms with van der Waals surface area (Å²) in [6.45, 7) is 11.4. The minimum Gasteiger partial charge on any atom is -0.456 e. The van der Waals surface area contributed by atoms with E-state index in [0.717, 1.165) is 12.0 Å². The van der Waals surface area contributed by atoms with Gasteiger partial charge in [0.05, 0.1) is 30.5 Å². The van der Waals surface area contributed by atoms with Crippen LogP contribution in [0, 0.1) is 29.6 Å². The number of cyclic esters (lactones) is 1. The number of hydrogen-bond acceptors (Lipinski definition) is 12. The van der Waals surface area contributed by atoms with E-state index in [-0.39, 0.29) is 49.5 Å². The molecule has 0 radical (unpaired) electrons. The smallest absolute Gasteiger partial charge is 0.329 e. The van der Waals surface area contributed by atoms with E-state index in [0.29, 0.717) is 56.9 Å². The first kappa shape index (κ1) is 47.2. The number of ketones is 2. The molecule has 14 atom stereocenters. The molecule has 4 rings (SSSR count). The number of nitrogens with zero attached hydrogens (tertiary/aromatic N) is 1. The summed E-state index contributed by atoms with van der Waals surface area (Å²) in [5, 5.41) is 34.2. The fourth-order valence-corrected chi connectivity index (χ4v) is 9.60. The Balaban J connectivity index is 1.77. The molecule has 3 aliphatic heterocycles. The van der Waals surface area contributed by atoms with Crippen molar-refractivity contribution in [2.45, 2.75) is 173 Å². The summed E-state index contributed by atoms with van der Waals surface area (Å²) < 4.78 is 29.8. The predicted molar refractivity (Wildman–Crippen MR) is 213 cm³/mol. The Bertz CT molecular complexity index is 1450. The summed E-state index contributed by atoms with van der Waals surface area (Å²) in [4.78, 5) is 57.9. The molecule has 324 valence electrons. The van der Waals surface area contributed by atoms with Crippen molar-refractivity contribution in [3.8, 4) is 0 Å². The van der Waals surface area contributed by atoms with Crippen molar-refractivity contribution >= 4 is 23.4 Å². The average molecular weight is 806 g/mol. The molecular formula is C44H71NO12. The van der Waals surface area contributed by atoms with Crippen LogP contribution in [0.5, 0.6) is 0 Å². The number of allylic oxidation sites excluding steroid dienone is 3. The molecule has 1 amide bonds. The number of methoxy groups -OCH3 is 3. The van der Waals surface area contributed by atoms with Crippen molar-refractivity contribution < 1.29 is 58.2 Å². The van der Waals surface area contributed by atoms with E-state index in [1.807, 2.05) is 32.9 Å². The summed E-state index contributed by atoms with van der Waals surface area (Å²) in [6, 6.07) is -1.13. The van der Waals surface area contributed by atoms with Gasteiger partial charge in [0.2, 0.25) is 5.79 Å². The van der Waals surface area contributed by atoms with Gasteiger partial charge in [-0.15, -0.1) is 0 Å². The third-order valence-electron chi connectivity index (χ3n) is 13.1. The van der Waals surface area contributed by atoms with Crippen LogP contribution in [-0.2, 0) is 42.9 Å². The van der Waals surface area contributed by atoms with Gasteiger partial charge < -0.3 is 43.9 Å². The first-order valence-corrected chi connectivity index (χ1v) is 21.3. The lowest BCUT2D eigenvalue weighted by Gasteiger charge is -2.47. The number of Topliss-reactive ketones (excluding diaryl/α,β-unsaturated/α-hetero) is 2. The Morgan fingerprint density at radius 2 is 1.58 bits per heavy atom. The number of piperidine rings is 1. The number of carbonyl (C=O) groups is 4. The first-order valence-electron chi connectivity index (χ1n) is 21.3. The summed E-state index contributed by atoms with van der Waals surface area (Å²) in [5.41, 5.74) is 1.67. The second-order valence-electron chi connectivity index (χ2n) is 17.5. The van der Waals surface area contributed by atoms with Gasteiger partial charge in [-0.2, -0.15) is 0 Å². The number of aliphatic hydroxyl groups is 3. The summed E-state index contributed by atoms with van der Waals surface area (Å²) in [6.07, 6.45) is 4.60. The topological polar surface area (TPSA) is 178 Å². The molecule has 57 heavy (non-hydrogen) atoms. The number of esters is 1. The molecular weight excluding hydrogens is 734 g/mol. The Labute approximate surface area is 339 Å². The molecule has 4 aliphatic rings. The van der Waals surface area contributed by atoms with Gasteiger partial charge in [0.25, 0.3) is 11.7 Å². The lowest BCUT2D eigenvalue weighted by Crippen LogP contribution is -2.64. The van der Waals surface area contributed by atoms with E-state index in [1.54, 1.807) is 21.0 Å². The van der Waals surface area contributed by atoms with E-state index < -0.39 is 83.9 Å². The second-order valence-corrected chi connectivity index (χ2v) is 17.5. The molecule has 0 aromatic carbocycles. The van der Waals surface area contributed by atoms with Gasteiger partial charge in [0.15, 0.2) is 0 Å². The molecule has 3 heterocycles. The zero-order chi connectivity index (χ0) is 42.2. The SMILES string of the molecule is CCC[C@@H]1/C=C(\C)C[C@@H](C)C[C@H](OC)[C@H]2O[C@@](O)(C(=O)C(=O)N3CCCC[C@H]3C(=O)O[C@H](/C(C)=C/[C@@H]3CC[C@@H](O)[C@@H](OC)C3)[C@H](C)[C@H](O)CC1=O)[C@@H](C)C[C@@H]2OC. The molecule has 2 saturated heterocycles. The van der Waals surface area contributed by atoms with Crippen LogP contribution in [0.3, 0.4) is 0 Å². The Kier molecular flexibility index (Phi) is 17.5. The molecule has 1 aliphatic carbocycles. The molecule has 0 spiro atoms. The third kappa shape index (κ3) is 11.4. The number of rotatable bonds is 7. The molecule has 2 bridgehead atoms. The molecule has 13 nitrogen and oxygen atoms in total. The Morgan fingerprint density at radius 1 is 0.912 bits per heavy atom. The molecule has 0 aromatic heterocycles. The van der Waals surface area contributed by atoms with Gasteiger partial charge in [-0.25, -0.2) is 4.79 Å². The lowest BCUT2D eigenvalue weighted by atomic mass is 9.81. The Hall–Kier alpha value is -2.52. The maximum Gasteiger partial charge on any atom is 0.329 e. The number of fused-ring (bicyclic) bond motifs is 3. The summed E-state index contributed by atoms with van der Waals surface area (Å²) in [5.74, 6) is -7.46. The minimum atomic E-state index is -2.50. The average Bonchev–Trinajstić information content (AvgIpc) is 3.18. The quantitative estimate of drug-likeness (QED) is 0.181. The molecule has 0 aromatic rings. The van der Waals surface area contributed by atoms with Gasteiger partial charge in [0.1, 0.15) is 24.0 Å². The zero-order valence-corrected chi connectivity index (χ0v) is 35.8. The van der Waals surface area contributed by atoms with E-state index in [9.17, 15) is 34.5 Å². The zero-order valence-electron chi connectivity index (χ0n) is 35.8. The second kappa shape index (κ2) is 21.1. The standard InChI is InChI=1S/C44H71NO12/c1-10-13-31-19-25(2)18-26(3)20-37(54-8)40-38(55-9)22-28(5)44(52,57-40)41(49)42(50)45-17-12-11-14-32(45)43(51)56-39(29(6)34(47)24-35(31)48)27(4)21-30-15-16-33(46)36(23-30)53-7/h19,21,26,28-34,36-40,46-47,52H,10-18,20,22-24H2,1-9H3/b25-19+,27-21+/t26-,28+,29-,30+,31-,32+,33-,34-,36+,37+,38+,39-,40-,44-/m1/s1. The normalized spacial score (nSPS) is 41.1. The fourth-order valence-electron chi connectivity index (χ4n) is 9.60. The van der Waals surface area contributed by atoms with Gasteiger partial charge in [-0.3, -0.25) is 14.4 Å². The van der Waals surface area contributed by atoms with E-state index in [4.69, 9.17) is 23.7 Å². The van der Waals surface area contributed by atoms with E-state index in [2.05, 4.69) is 6.92 Å². The number of amides is 1. The number of hydrogen-bond donors (Lipinski definition) is 3. The number of ether oxygens (including phenoxy) is 5. The highest BCUT2D eigenvalue weighted by Crippen LogP contribution is 2.39. The van der Waals surface area contributed by atoms with Crippen LogP contribution in [0.1, 0.15) is 119 Å². The monoisotopic (exact) mass is 805 g/mol. The molecule has 3 fully saturated rings. The van der Waals surface area contributed by atoms with Crippen LogP contribution in [0.15, 0.2) is 23.3 Å². The fraction of sp³-hybridized carbons (Fsp3) is 0.818. The van der Waals surface area contributed by atoms with Crippen LogP contribution in [-0.4, -0.2) is 126 Å².